The molecule has 1 aromatic carbocycles. The fourth-order valence-corrected chi connectivity index (χ4v) is 2.68. The minimum atomic E-state index is -1.57. The van der Waals surface area contributed by atoms with Crippen LogP contribution in [-0.2, 0) is 0 Å². The lowest BCUT2D eigenvalue weighted by molar-refractivity contribution is 0.0683. The van der Waals surface area contributed by atoms with Crippen LogP contribution in [0.5, 0.6) is 0 Å². The van der Waals surface area contributed by atoms with Gasteiger partial charge in [-0.05, 0) is 36.4 Å². The molecule has 4 nitrogen and oxygen atoms in total. The van der Waals surface area contributed by atoms with Crippen molar-refractivity contribution in [3.05, 3.63) is 28.8 Å². The Labute approximate surface area is 118 Å². The Bertz CT molecular complexity index is 481. The number of halogens is 1. The lowest BCUT2D eigenvalue weighted by Crippen LogP contribution is -2.39. The summed E-state index contributed by atoms with van der Waals surface area (Å²) in [5, 5.41) is 18.4. The average Bonchev–Trinajstić information content (AvgIpc) is 2.37. The van der Waals surface area contributed by atoms with Crippen molar-refractivity contribution in [1.82, 2.24) is 4.90 Å². The first kappa shape index (κ1) is 14.4. The lowest BCUT2D eigenvalue weighted by Gasteiger charge is -2.31. The predicted molar refractivity (Wildman–Crippen MR) is 75.6 cm³/mol. The van der Waals surface area contributed by atoms with Crippen LogP contribution in [0.1, 0.15) is 30.1 Å². The van der Waals surface area contributed by atoms with Gasteiger partial charge in [-0.25, -0.2) is 0 Å². The van der Waals surface area contributed by atoms with Gasteiger partial charge in [-0.3, -0.25) is 4.79 Å². The van der Waals surface area contributed by atoms with Crippen LogP contribution in [0.2, 0.25) is 5.02 Å². The molecule has 0 radical (unpaired) electrons. The fourth-order valence-electron chi connectivity index (χ4n) is 2.41. The summed E-state index contributed by atoms with van der Waals surface area (Å²) >= 11 is 6.05. The number of hydrogen-bond acceptors (Lipinski definition) is 3. The van der Waals surface area contributed by atoms with E-state index < -0.39 is 7.12 Å². The van der Waals surface area contributed by atoms with Gasteiger partial charge in [0.2, 0.25) is 0 Å². The Morgan fingerprint density at radius 1 is 1.47 bits per heavy atom. The SMILES string of the molecule is C[C@@H]1CCCN(C(=O)c2ccc(B(O)O)cc2Cl)C1. The molecule has 1 aliphatic rings. The van der Waals surface area contributed by atoms with E-state index in [0.29, 0.717) is 11.5 Å². The summed E-state index contributed by atoms with van der Waals surface area (Å²) in [6.45, 7) is 3.63. The summed E-state index contributed by atoms with van der Waals surface area (Å²) in [4.78, 5) is 14.2. The molecule has 2 rings (SSSR count). The molecule has 2 N–H and O–H groups in total. The number of likely N-dealkylation sites (tertiary alicyclic amines) is 1. The third-order valence-corrected chi connectivity index (χ3v) is 3.78. The molecule has 1 saturated heterocycles. The van der Waals surface area contributed by atoms with Crippen molar-refractivity contribution in [2.45, 2.75) is 19.8 Å². The summed E-state index contributed by atoms with van der Waals surface area (Å²) in [7, 11) is -1.57. The van der Waals surface area contributed by atoms with Gasteiger partial charge in [0.15, 0.2) is 0 Å². The Balaban J connectivity index is 2.19. The monoisotopic (exact) mass is 281 g/mol. The summed E-state index contributed by atoms with van der Waals surface area (Å²) < 4.78 is 0. The standard InChI is InChI=1S/C13H17BClNO3/c1-9-3-2-6-16(8-9)13(17)11-5-4-10(14(18)19)7-12(11)15/h4-5,7,9,18-19H,2-3,6,8H2,1H3/t9-/m1/s1. The number of piperidine rings is 1. The van der Waals surface area contributed by atoms with Gasteiger partial charge in [0.25, 0.3) is 5.91 Å². The molecule has 6 heteroatoms. The van der Waals surface area contributed by atoms with Crippen LogP contribution < -0.4 is 5.46 Å². The highest BCUT2D eigenvalue weighted by molar-refractivity contribution is 6.59. The Hall–Kier alpha value is -1.04. The minimum absolute atomic E-state index is 0.0875. The molecule has 19 heavy (non-hydrogen) atoms. The second-order valence-corrected chi connectivity index (χ2v) is 5.52. The zero-order valence-corrected chi connectivity index (χ0v) is 11.6. The van der Waals surface area contributed by atoms with Crippen molar-refractivity contribution in [3.8, 4) is 0 Å². The Kier molecular flexibility index (Phi) is 4.50. The van der Waals surface area contributed by atoms with E-state index in [-0.39, 0.29) is 16.4 Å². The molecular weight excluding hydrogens is 264 g/mol. The second-order valence-electron chi connectivity index (χ2n) is 5.11. The quantitative estimate of drug-likeness (QED) is 0.792. The molecule has 0 spiro atoms. The van der Waals surface area contributed by atoms with Crippen molar-refractivity contribution in [2.75, 3.05) is 13.1 Å². The number of rotatable bonds is 2. The van der Waals surface area contributed by atoms with Crippen LogP contribution in [0.4, 0.5) is 0 Å². The van der Waals surface area contributed by atoms with Crippen LogP contribution in [0.3, 0.4) is 0 Å². The lowest BCUT2D eigenvalue weighted by atomic mass is 9.80. The van der Waals surface area contributed by atoms with Gasteiger partial charge in [0.05, 0.1) is 10.6 Å². The van der Waals surface area contributed by atoms with Gasteiger partial charge in [-0.15, -0.1) is 0 Å². The molecule has 1 fully saturated rings. The van der Waals surface area contributed by atoms with Crippen molar-refractivity contribution in [2.24, 2.45) is 5.92 Å². The smallest absolute Gasteiger partial charge is 0.423 e. The zero-order chi connectivity index (χ0) is 14.0. The number of benzene rings is 1. The molecule has 1 aromatic rings. The van der Waals surface area contributed by atoms with E-state index in [1.807, 2.05) is 4.90 Å². The normalized spacial score (nSPS) is 19.4. The third kappa shape index (κ3) is 3.29. The van der Waals surface area contributed by atoms with Crippen molar-refractivity contribution >= 4 is 30.1 Å². The molecule has 1 atom stereocenters. The molecule has 0 bridgehead atoms. The summed E-state index contributed by atoms with van der Waals surface area (Å²) in [6.07, 6.45) is 2.16. The first-order chi connectivity index (χ1) is 8.99. The van der Waals surface area contributed by atoms with E-state index in [4.69, 9.17) is 21.6 Å². The van der Waals surface area contributed by atoms with Crippen LogP contribution in [0.25, 0.3) is 0 Å². The largest absolute Gasteiger partial charge is 0.488 e. The predicted octanol–water partition coefficient (Wildman–Crippen LogP) is 0.892. The van der Waals surface area contributed by atoms with Gasteiger partial charge in [0.1, 0.15) is 0 Å². The van der Waals surface area contributed by atoms with E-state index >= 15 is 0 Å². The van der Waals surface area contributed by atoms with Crippen LogP contribution >= 0.6 is 11.6 Å². The Morgan fingerprint density at radius 3 is 2.79 bits per heavy atom. The molecule has 0 aromatic heterocycles. The molecule has 0 aliphatic carbocycles. The maximum Gasteiger partial charge on any atom is 0.488 e. The van der Waals surface area contributed by atoms with Crippen LogP contribution in [-0.4, -0.2) is 41.1 Å². The summed E-state index contributed by atoms with van der Waals surface area (Å²) in [6, 6.07) is 4.49. The van der Waals surface area contributed by atoms with Crippen molar-refractivity contribution < 1.29 is 14.8 Å². The van der Waals surface area contributed by atoms with E-state index in [1.54, 1.807) is 6.07 Å². The highest BCUT2D eigenvalue weighted by Crippen LogP contribution is 2.21. The maximum absolute atomic E-state index is 12.4. The van der Waals surface area contributed by atoms with E-state index in [9.17, 15) is 4.79 Å². The van der Waals surface area contributed by atoms with Crippen LogP contribution in [0, 0.1) is 5.92 Å². The Morgan fingerprint density at radius 2 is 2.21 bits per heavy atom. The molecule has 0 unspecified atom stereocenters. The summed E-state index contributed by atoms with van der Waals surface area (Å²) in [5.74, 6) is 0.422. The van der Waals surface area contributed by atoms with E-state index in [1.165, 1.54) is 12.1 Å². The number of nitrogens with zero attached hydrogens (tertiary/aromatic N) is 1. The highest BCUT2D eigenvalue weighted by atomic mass is 35.5. The molecule has 1 heterocycles. The molecule has 102 valence electrons. The first-order valence-electron chi connectivity index (χ1n) is 6.44. The van der Waals surface area contributed by atoms with Gasteiger partial charge in [-0.1, -0.05) is 24.6 Å². The second kappa shape index (κ2) is 5.95. The molecular formula is C13H17BClNO3. The van der Waals surface area contributed by atoms with Gasteiger partial charge in [0, 0.05) is 13.1 Å². The minimum Gasteiger partial charge on any atom is -0.423 e. The van der Waals surface area contributed by atoms with Gasteiger partial charge in [-0.2, -0.15) is 0 Å². The first-order valence-corrected chi connectivity index (χ1v) is 6.81. The van der Waals surface area contributed by atoms with Crippen molar-refractivity contribution in [3.63, 3.8) is 0 Å². The highest BCUT2D eigenvalue weighted by Gasteiger charge is 2.24. The molecule has 1 amide bonds. The van der Waals surface area contributed by atoms with Crippen LogP contribution in [0.15, 0.2) is 18.2 Å². The third-order valence-electron chi connectivity index (χ3n) is 3.47. The average molecular weight is 282 g/mol. The van der Waals surface area contributed by atoms with E-state index in [2.05, 4.69) is 6.92 Å². The van der Waals surface area contributed by atoms with Gasteiger partial charge >= 0.3 is 7.12 Å². The summed E-state index contributed by atoms with van der Waals surface area (Å²) in [5.41, 5.74) is 0.703. The number of hydrogen-bond donors (Lipinski definition) is 2. The zero-order valence-electron chi connectivity index (χ0n) is 10.8. The molecule has 0 saturated carbocycles. The molecule has 1 aliphatic heterocycles. The fraction of sp³-hybridized carbons (Fsp3) is 0.462. The topological polar surface area (TPSA) is 60.8 Å². The van der Waals surface area contributed by atoms with Crippen molar-refractivity contribution in [1.29, 1.82) is 0 Å². The van der Waals surface area contributed by atoms with Gasteiger partial charge < -0.3 is 14.9 Å². The number of carbonyl (C=O) groups is 1. The maximum atomic E-state index is 12.4. The van der Waals surface area contributed by atoms with E-state index in [0.717, 1.165) is 25.9 Å². The number of amides is 1. The number of carbonyl (C=O) groups excluding carboxylic acids is 1.